The van der Waals surface area contributed by atoms with E-state index < -0.39 is 29.9 Å². The molecule has 2 heterocycles. The Morgan fingerprint density at radius 2 is 1.45 bits per heavy atom. The summed E-state index contributed by atoms with van der Waals surface area (Å²) in [6, 6.07) is -1.12. The number of likely N-dealkylation sites (tertiary alicyclic amines) is 2. The van der Waals surface area contributed by atoms with E-state index in [0.717, 1.165) is 9.80 Å². The van der Waals surface area contributed by atoms with Crippen molar-refractivity contribution in [2.45, 2.75) is 45.8 Å². The van der Waals surface area contributed by atoms with Gasteiger partial charge in [0.2, 0.25) is 23.6 Å². The molecule has 2 fully saturated rings. The van der Waals surface area contributed by atoms with Crippen LogP contribution in [0.5, 0.6) is 0 Å². The van der Waals surface area contributed by atoms with Crippen LogP contribution in [0.4, 0.5) is 0 Å². The zero-order valence-electron chi connectivity index (χ0n) is 13.5. The Balaban J connectivity index is 0. The normalized spacial score (nSPS) is 25.3. The van der Waals surface area contributed by atoms with E-state index in [-0.39, 0.29) is 64.8 Å². The van der Waals surface area contributed by atoms with Crippen LogP contribution in [0.25, 0.3) is 5.73 Å². The maximum Gasteiger partial charge on any atom is 3.00 e. The number of nitrogens with one attached hydrogen (secondary N) is 1. The zero-order chi connectivity index (χ0) is 15.6. The largest absolute Gasteiger partial charge is 3.00 e. The summed E-state index contributed by atoms with van der Waals surface area (Å²) in [6.07, 6.45) is -1.01. The summed E-state index contributed by atoms with van der Waals surface area (Å²) in [6.45, 7) is 8.09. The summed E-state index contributed by atoms with van der Waals surface area (Å²) in [5.41, 5.74) is 7.40. The summed E-state index contributed by atoms with van der Waals surface area (Å²) >= 11 is 0. The van der Waals surface area contributed by atoms with Crippen molar-refractivity contribution in [1.29, 1.82) is 0 Å². The Morgan fingerprint density at radius 1 is 1.05 bits per heavy atom. The third-order valence-electron chi connectivity index (χ3n) is 3.34. The number of carbonyl (C=O) groups excluding carboxylic acids is 4. The van der Waals surface area contributed by atoms with Gasteiger partial charge in [0.1, 0.15) is 6.17 Å². The van der Waals surface area contributed by atoms with Crippen LogP contribution >= 0.6 is 0 Å². The molecule has 1 N–H and O–H groups in total. The minimum atomic E-state index is -1.12. The van der Waals surface area contributed by atoms with Gasteiger partial charge in [0.05, 0.1) is 0 Å². The van der Waals surface area contributed by atoms with Crippen LogP contribution in [-0.2, 0) is 51.9 Å². The second kappa shape index (κ2) is 9.48. The molecule has 2 aliphatic rings. The first-order valence-electron chi connectivity index (χ1n) is 6.48. The van der Waals surface area contributed by atoms with Crippen molar-refractivity contribution in [3.63, 3.8) is 0 Å². The molecule has 2 aliphatic heterocycles. The number of hydrogen-bond acceptors (Lipinski definition) is 4. The van der Waals surface area contributed by atoms with Gasteiger partial charge in [-0.15, -0.1) is 0 Å². The van der Waals surface area contributed by atoms with E-state index >= 15 is 0 Å². The molecule has 4 amide bonds. The second-order valence-electron chi connectivity index (χ2n) is 4.70. The average molecular weight is 385 g/mol. The van der Waals surface area contributed by atoms with Crippen LogP contribution < -0.4 is 0 Å². The van der Waals surface area contributed by atoms with E-state index in [0.29, 0.717) is 0 Å². The summed E-state index contributed by atoms with van der Waals surface area (Å²) < 4.78 is 0. The molecular weight excluding hydrogens is 363 g/mol. The van der Waals surface area contributed by atoms with Gasteiger partial charge in [-0.3, -0.25) is 29.0 Å². The molecule has 2 saturated heterocycles. The van der Waals surface area contributed by atoms with E-state index in [1.54, 1.807) is 13.8 Å². The molecule has 7 nitrogen and oxygen atoms in total. The topological polar surface area (TPSA) is 98.6 Å². The number of carbonyl (C=O) groups is 4. The van der Waals surface area contributed by atoms with E-state index in [1.165, 1.54) is 6.92 Å². The fourth-order valence-electron chi connectivity index (χ4n) is 2.36. The summed E-state index contributed by atoms with van der Waals surface area (Å²) in [7, 11) is 0. The molecule has 0 spiro atoms. The number of rotatable bonds is 2. The molecule has 0 aromatic carbocycles. The molecule has 0 bridgehead atoms. The predicted molar refractivity (Wildman–Crippen MR) is 77.1 cm³/mol. The Bertz CT molecular complexity index is 415. The van der Waals surface area contributed by atoms with Crippen molar-refractivity contribution in [3.05, 3.63) is 20.1 Å². The molecule has 22 heavy (non-hydrogen) atoms. The molecule has 2 rings (SSSR count). The molecule has 120 valence electrons. The first kappa shape index (κ1) is 23.6. The van der Waals surface area contributed by atoms with Crippen molar-refractivity contribution in [2.75, 3.05) is 0 Å². The predicted octanol–water partition coefficient (Wildman–Crippen LogP) is 1.20. The molecule has 0 radical (unpaired) electrons. The summed E-state index contributed by atoms with van der Waals surface area (Å²) in [4.78, 5) is 48.6. The third-order valence-corrected chi connectivity index (χ3v) is 3.34. The molecule has 3 atom stereocenters. The van der Waals surface area contributed by atoms with Crippen LogP contribution in [0.15, 0.2) is 0 Å². The Hall–Kier alpha value is -0.656. The van der Waals surface area contributed by atoms with Gasteiger partial charge in [0, 0.05) is 18.8 Å². The van der Waals surface area contributed by atoms with Crippen molar-refractivity contribution in [3.8, 4) is 0 Å². The summed E-state index contributed by atoms with van der Waals surface area (Å²) in [5.74, 6) is -2.32. The van der Waals surface area contributed by atoms with Gasteiger partial charge in [-0.1, -0.05) is 6.92 Å². The smallest absolute Gasteiger partial charge is 0.666 e. The number of amides is 4. The van der Waals surface area contributed by atoms with Crippen molar-refractivity contribution >= 4 is 23.6 Å². The van der Waals surface area contributed by atoms with Gasteiger partial charge in [0.25, 0.3) is 0 Å². The van der Waals surface area contributed by atoms with Gasteiger partial charge >= 0.3 is 32.7 Å². The zero-order valence-corrected chi connectivity index (χ0v) is 16.3. The van der Waals surface area contributed by atoms with E-state index in [9.17, 15) is 19.2 Å². The molecule has 8 heteroatoms. The van der Waals surface area contributed by atoms with E-state index in [2.05, 4.69) is 6.92 Å². The molecule has 3 unspecified atom stereocenters. The standard InChI is InChI=1S/C11H14N3O4.C2H5.CH3.Y/c1-5-3-8(15)13(10(5)17)6(2)14-9(16)4-7(12)11(14)18;1-2;;/h5-7,12H,3-4H2,1-2H3;1H2,2H3;1H3;/q3*-1;+3. The van der Waals surface area contributed by atoms with Crippen LogP contribution in [0.1, 0.15) is 33.6 Å². The van der Waals surface area contributed by atoms with Crippen molar-refractivity contribution < 1.29 is 51.9 Å². The van der Waals surface area contributed by atoms with Crippen molar-refractivity contribution in [1.82, 2.24) is 9.80 Å². The SMILES string of the molecule is CC1CC(=O)N(C(C)N2C(=O)CC([NH-])C2=O)C1=O.[CH2-]C.[CH3-].[Y+3]. The Labute approximate surface area is 156 Å². The van der Waals surface area contributed by atoms with Gasteiger partial charge in [-0.05, 0) is 13.0 Å². The maximum atomic E-state index is 11.8. The monoisotopic (exact) mass is 385 g/mol. The molecule has 0 saturated carbocycles. The third kappa shape index (κ3) is 4.21. The van der Waals surface area contributed by atoms with E-state index in [4.69, 9.17) is 5.73 Å². The maximum absolute atomic E-state index is 11.8. The molecule has 0 aliphatic carbocycles. The summed E-state index contributed by atoms with van der Waals surface area (Å²) in [5, 5.41) is 0. The fourth-order valence-corrected chi connectivity index (χ4v) is 2.36. The minimum Gasteiger partial charge on any atom is -0.666 e. The van der Waals surface area contributed by atoms with Crippen LogP contribution in [0.2, 0.25) is 0 Å². The van der Waals surface area contributed by atoms with Crippen LogP contribution in [0, 0.1) is 20.3 Å². The Kier molecular flexibility index (Phi) is 10.2. The second-order valence-corrected chi connectivity index (χ2v) is 4.70. The minimum absolute atomic E-state index is 0. The molecule has 0 aromatic rings. The van der Waals surface area contributed by atoms with Crippen LogP contribution in [-0.4, -0.2) is 45.6 Å². The Morgan fingerprint density at radius 3 is 1.77 bits per heavy atom. The van der Waals surface area contributed by atoms with Crippen molar-refractivity contribution in [2.24, 2.45) is 5.92 Å². The molecule has 0 aromatic heterocycles. The van der Waals surface area contributed by atoms with E-state index in [1.807, 2.05) is 0 Å². The number of hydrogen-bond donors (Lipinski definition) is 0. The van der Waals surface area contributed by atoms with Gasteiger partial charge in [-0.2, -0.15) is 6.92 Å². The van der Waals surface area contributed by atoms with Gasteiger partial charge in [0.15, 0.2) is 0 Å². The van der Waals surface area contributed by atoms with Crippen LogP contribution in [0.3, 0.4) is 0 Å². The fraction of sp³-hybridized carbons (Fsp3) is 0.571. The van der Waals surface area contributed by atoms with Gasteiger partial charge < -0.3 is 20.1 Å². The number of imide groups is 2. The number of nitrogens with zero attached hydrogens (tertiary/aromatic N) is 2. The quantitative estimate of drug-likeness (QED) is 0.527. The molecular formula is C14H22N3O4Y. The first-order valence-corrected chi connectivity index (χ1v) is 6.48. The average Bonchev–Trinajstić information content (AvgIpc) is 2.79. The van der Waals surface area contributed by atoms with Gasteiger partial charge in [-0.25, -0.2) is 0 Å². The first-order chi connectivity index (χ1) is 9.34.